The van der Waals surface area contributed by atoms with Crippen LogP contribution in [0, 0.1) is 19.3 Å². The van der Waals surface area contributed by atoms with Crippen molar-refractivity contribution in [3.05, 3.63) is 82.2 Å². The summed E-state index contributed by atoms with van der Waals surface area (Å²) < 4.78 is 13.4. The Morgan fingerprint density at radius 3 is 2.75 bits per heavy atom. The average Bonchev–Trinajstić information content (AvgIpc) is 3.22. The number of aromatic nitrogens is 4. The largest absolute Gasteiger partial charge is 0.487 e. The van der Waals surface area contributed by atoms with Crippen LogP contribution in [0.2, 0.25) is 0 Å². The van der Waals surface area contributed by atoms with Crippen LogP contribution in [0.5, 0.6) is 5.75 Å². The van der Waals surface area contributed by atoms with E-state index in [1.165, 1.54) is 18.2 Å². The molecule has 5 rings (SSSR count). The molecular formula is C32H39N5O3. The van der Waals surface area contributed by atoms with Crippen LogP contribution >= 0.6 is 0 Å². The summed E-state index contributed by atoms with van der Waals surface area (Å²) in [7, 11) is 3.35. The fourth-order valence-corrected chi connectivity index (χ4v) is 6.00. The minimum Gasteiger partial charge on any atom is -0.487 e. The van der Waals surface area contributed by atoms with Gasteiger partial charge in [-0.1, -0.05) is 36.4 Å². The van der Waals surface area contributed by atoms with Crippen molar-refractivity contribution < 1.29 is 14.3 Å². The number of carbonyl (C=O) groups is 1. The zero-order valence-electron chi connectivity index (χ0n) is 24.6. The fourth-order valence-electron chi connectivity index (χ4n) is 6.00. The molecule has 4 aromatic rings. The lowest BCUT2D eigenvalue weighted by Gasteiger charge is -2.34. The highest BCUT2D eigenvalue weighted by atomic mass is 16.5. The smallest absolute Gasteiger partial charge is 0.312 e. The first-order chi connectivity index (χ1) is 19.1. The normalized spacial score (nSPS) is 16.7. The molecule has 2 atom stereocenters. The van der Waals surface area contributed by atoms with E-state index < -0.39 is 5.41 Å². The summed E-state index contributed by atoms with van der Waals surface area (Å²) in [5.41, 5.74) is 7.73. The van der Waals surface area contributed by atoms with E-state index in [0.717, 1.165) is 65.1 Å². The Morgan fingerprint density at radius 1 is 1.20 bits per heavy atom. The number of carbonyl (C=O) groups excluding carboxylic acids is 1. The van der Waals surface area contributed by atoms with E-state index in [9.17, 15) is 4.79 Å². The van der Waals surface area contributed by atoms with Gasteiger partial charge in [0, 0.05) is 44.4 Å². The number of methoxy groups -OCH3 is 1. The van der Waals surface area contributed by atoms with Gasteiger partial charge in [0.2, 0.25) is 0 Å². The summed E-state index contributed by atoms with van der Waals surface area (Å²) in [5.74, 6) is 0.379. The van der Waals surface area contributed by atoms with Crippen molar-refractivity contribution in [1.82, 2.24) is 24.9 Å². The number of hydrogen-bond acceptors (Lipinski definition) is 7. The first-order valence-corrected chi connectivity index (χ1v) is 13.9. The summed E-state index contributed by atoms with van der Waals surface area (Å²) in [6, 6.07) is 12.8. The molecule has 0 bridgehead atoms. The predicted molar refractivity (Wildman–Crippen MR) is 155 cm³/mol. The van der Waals surface area contributed by atoms with Crippen LogP contribution in [0.3, 0.4) is 0 Å². The van der Waals surface area contributed by atoms with E-state index >= 15 is 0 Å². The molecule has 0 saturated heterocycles. The molecule has 0 aliphatic carbocycles. The maximum atomic E-state index is 13.2. The van der Waals surface area contributed by atoms with Gasteiger partial charge in [0.15, 0.2) is 0 Å². The summed E-state index contributed by atoms with van der Waals surface area (Å²) >= 11 is 0. The Bertz CT molecular complexity index is 1540. The highest BCUT2D eigenvalue weighted by Gasteiger charge is 2.41. The third-order valence-corrected chi connectivity index (χ3v) is 8.40. The Kier molecular flexibility index (Phi) is 7.64. The molecule has 1 aliphatic rings. The lowest BCUT2D eigenvalue weighted by molar-refractivity contribution is -0.151. The van der Waals surface area contributed by atoms with E-state index in [-0.39, 0.29) is 18.0 Å². The van der Waals surface area contributed by atoms with E-state index in [1.54, 1.807) is 4.68 Å². The summed E-state index contributed by atoms with van der Waals surface area (Å²) in [4.78, 5) is 19.9. The molecule has 8 heteroatoms. The molecule has 1 aliphatic heterocycles. The van der Waals surface area contributed by atoms with Crippen LogP contribution in [0.15, 0.2) is 48.8 Å². The van der Waals surface area contributed by atoms with Gasteiger partial charge < -0.3 is 9.47 Å². The zero-order chi connectivity index (χ0) is 28.6. The van der Waals surface area contributed by atoms with Crippen LogP contribution in [0.4, 0.5) is 0 Å². The highest BCUT2D eigenvalue weighted by molar-refractivity contribution is 5.82. The number of rotatable bonds is 7. The standard InChI is InChI=1S/C32H39N5O3/c1-8-25-19-37(17-23-13-14-33-16-28(23)40-25)18-24-15-22(10-9-20(24)2)29(32(4,5)31(38)39-7)26-11-12-27-30(21(26)3)34-35-36(27)6/h9-16,25,29H,8,17-19H2,1-7H3/t25-,29?/m1/s1. The Labute approximate surface area is 236 Å². The minimum atomic E-state index is -0.822. The van der Waals surface area contributed by atoms with Gasteiger partial charge in [-0.3, -0.25) is 14.7 Å². The summed E-state index contributed by atoms with van der Waals surface area (Å²) in [5, 5.41) is 8.65. The third-order valence-electron chi connectivity index (χ3n) is 8.40. The van der Waals surface area contributed by atoms with Crippen molar-refractivity contribution in [2.45, 2.75) is 66.2 Å². The predicted octanol–water partition coefficient (Wildman–Crippen LogP) is 5.48. The number of pyridine rings is 1. The van der Waals surface area contributed by atoms with Crippen LogP contribution in [-0.2, 0) is 29.7 Å². The number of nitrogens with zero attached hydrogens (tertiary/aromatic N) is 5. The molecule has 210 valence electrons. The number of esters is 1. The molecule has 0 radical (unpaired) electrons. The molecule has 0 spiro atoms. The Morgan fingerprint density at radius 2 is 2.00 bits per heavy atom. The van der Waals surface area contributed by atoms with Crippen LogP contribution in [-0.4, -0.2) is 50.6 Å². The van der Waals surface area contributed by atoms with Crippen molar-refractivity contribution in [3.63, 3.8) is 0 Å². The molecule has 40 heavy (non-hydrogen) atoms. The maximum absolute atomic E-state index is 13.2. The lowest BCUT2D eigenvalue weighted by Crippen LogP contribution is -2.34. The van der Waals surface area contributed by atoms with Crippen molar-refractivity contribution in [1.29, 1.82) is 0 Å². The molecular weight excluding hydrogens is 502 g/mol. The number of benzene rings is 2. The first kappa shape index (κ1) is 27.8. The zero-order valence-corrected chi connectivity index (χ0v) is 24.6. The molecule has 0 N–H and O–H groups in total. The molecule has 2 aromatic heterocycles. The second kappa shape index (κ2) is 11.0. The van der Waals surface area contributed by atoms with Crippen LogP contribution < -0.4 is 4.74 Å². The fraction of sp³-hybridized carbons (Fsp3) is 0.438. The average molecular weight is 542 g/mol. The van der Waals surface area contributed by atoms with Crippen molar-refractivity contribution in [2.24, 2.45) is 12.5 Å². The Hall–Kier alpha value is -3.78. The van der Waals surface area contributed by atoms with Crippen molar-refractivity contribution in [3.8, 4) is 5.75 Å². The van der Waals surface area contributed by atoms with E-state index in [4.69, 9.17) is 9.47 Å². The van der Waals surface area contributed by atoms with Gasteiger partial charge in [0.05, 0.1) is 24.2 Å². The first-order valence-electron chi connectivity index (χ1n) is 13.9. The second-order valence-electron chi connectivity index (χ2n) is 11.5. The lowest BCUT2D eigenvalue weighted by atomic mass is 9.69. The molecule has 0 saturated carbocycles. The van der Waals surface area contributed by atoms with Crippen molar-refractivity contribution in [2.75, 3.05) is 13.7 Å². The summed E-state index contributed by atoms with van der Waals surface area (Å²) in [6.07, 6.45) is 4.67. The Balaban J connectivity index is 1.57. The van der Waals surface area contributed by atoms with Crippen LogP contribution in [0.1, 0.15) is 66.5 Å². The maximum Gasteiger partial charge on any atom is 0.312 e. The highest BCUT2D eigenvalue weighted by Crippen LogP contribution is 2.44. The molecule has 1 unspecified atom stereocenters. The monoisotopic (exact) mass is 541 g/mol. The van der Waals surface area contributed by atoms with Gasteiger partial charge in [0.25, 0.3) is 0 Å². The molecule has 0 fully saturated rings. The van der Waals surface area contributed by atoms with Gasteiger partial charge >= 0.3 is 5.97 Å². The number of aryl methyl sites for hydroxylation is 3. The van der Waals surface area contributed by atoms with Gasteiger partial charge in [-0.05, 0) is 74.1 Å². The summed E-state index contributed by atoms with van der Waals surface area (Å²) in [6.45, 7) is 12.7. The van der Waals surface area contributed by atoms with E-state index in [0.29, 0.717) is 0 Å². The molecule has 0 amide bonds. The van der Waals surface area contributed by atoms with Crippen molar-refractivity contribution >= 4 is 17.0 Å². The van der Waals surface area contributed by atoms with E-state index in [1.807, 2.05) is 45.4 Å². The van der Waals surface area contributed by atoms with Gasteiger partial charge in [-0.2, -0.15) is 0 Å². The second-order valence-corrected chi connectivity index (χ2v) is 11.5. The minimum absolute atomic E-state index is 0.0984. The third kappa shape index (κ3) is 5.08. The quantitative estimate of drug-likeness (QED) is 0.286. The van der Waals surface area contributed by atoms with Gasteiger partial charge in [-0.15, -0.1) is 5.10 Å². The van der Waals surface area contributed by atoms with E-state index in [2.05, 4.69) is 65.2 Å². The van der Waals surface area contributed by atoms with Gasteiger partial charge in [0.1, 0.15) is 17.4 Å². The molecule has 2 aromatic carbocycles. The topological polar surface area (TPSA) is 82.4 Å². The van der Waals surface area contributed by atoms with Gasteiger partial charge in [-0.25, -0.2) is 4.68 Å². The molecule has 3 heterocycles. The molecule has 8 nitrogen and oxygen atoms in total. The van der Waals surface area contributed by atoms with Crippen LogP contribution in [0.25, 0.3) is 11.0 Å². The number of fused-ring (bicyclic) bond motifs is 2. The SMILES string of the molecule is CC[C@@H]1CN(Cc2cc(C(c3ccc4c(nnn4C)c3C)C(C)(C)C(=O)OC)ccc2C)Cc2ccncc2O1. The number of hydrogen-bond donors (Lipinski definition) is 0. The number of ether oxygens (including phenoxy) is 2.